The average Bonchev–Trinajstić information content (AvgIpc) is 3.15. The fraction of sp³-hybridized carbons (Fsp3) is 0.571. The van der Waals surface area contributed by atoms with Gasteiger partial charge in [-0.05, 0) is 43.9 Å². The van der Waals surface area contributed by atoms with Crippen LogP contribution in [0.4, 0.5) is 11.4 Å². The van der Waals surface area contributed by atoms with E-state index >= 15 is 0 Å². The van der Waals surface area contributed by atoms with E-state index in [0.717, 1.165) is 23.6 Å². The first-order valence-electron chi connectivity index (χ1n) is 7.05. The van der Waals surface area contributed by atoms with Crippen molar-refractivity contribution >= 4 is 27.3 Å². The fourth-order valence-electron chi connectivity index (χ4n) is 2.86. The molecular weight excluding hydrogens is 322 g/mol. The Morgan fingerprint density at radius 1 is 1.40 bits per heavy atom. The summed E-state index contributed by atoms with van der Waals surface area (Å²) in [5.41, 5.74) is 0.750. The highest BCUT2D eigenvalue weighted by molar-refractivity contribution is 9.10. The van der Waals surface area contributed by atoms with Gasteiger partial charge in [-0.3, -0.25) is 10.1 Å². The second-order valence-electron chi connectivity index (χ2n) is 5.68. The topological polar surface area (TPSA) is 58.4 Å². The lowest BCUT2D eigenvalue weighted by Crippen LogP contribution is -2.24. The third-order valence-electron chi connectivity index (χ3n) is 4.12. The highest BCUT2D eigenvalue weighted by atomic mass is 79.9. The Morgan fingerprint density at radius 3 is 2.90 bits per heavy atom. The Morgan fingerprint density at radius 2 is 2.20 bits per heavy atom. The quantitative estimate of drug-likeness (QED) is 0.660. The summed E-state index contributed by atoms with van der Waals surface area (Å²) in [6.45, 7) is 3.11. The van der Waals surface area contributed by atoms with Gasteiger partial charge in [-0.25, -0.2) is 0 Å². The largest absolute Gasteiger partial charge is 0.379 e. The van der Waals surface area contributed by atoms with Crippen LogP contribution < -0.4 is 5.32 Å². The number of nitrogens with zero attached hydrogens (tertiary/aromatic N) is 2. The van der Waals surface area contributed by atoms with E-state index in [9.17, 15) is 10.1 Å². The molecule has 0 radical (unpaired) electrons. The Bertz CT molecular complexity index is 519. The molecule has 1 unspecified atom stereocenters. The molecule has 0 amide bonds. The predicted molar refractivity (Wildman–Crippen MR) is 82.0 cm³/mol. The van der Waals surface area contributed by atoms with Crippen LogP contribution in [-0.2, 0) is 0 Å². The van der Waals surface area contributed by atoms with Gasteiger partial charge in [0.25, 0.3) is 5.69 Å². The molecule has 0 spiro atoms. The van der Waals surface area contributed by atoms with Crippen molar-refractivity contribution in [2.24, 2.45) is 5.92 Å². The maximum Gasteiger partial charge on any atom is 0.292 e. The van der Waals surface area contributed by atoms with Gasteiger partial charge in [-0.2, -0.15) is 0 Å². The molecule has 1 saturated carbocycles. The van der Waals surface area contributed by atoms with E-state index in [2.05, 4.69) is 26.1 Å². The SMILES string of the molecule is O=[N+]([O-])c1ccc(Br)cc1NCC1CCN(C2CC2)C1. The second-order valence-corrected chi connectivity index (χ2v) is 6.60. The summed E-state index contributed by atoms with van der Waals surface area (Å²) in [7, 11) is 0. The molecule has 3 rings (SSSR count). The molecule has 1 aromatic rings. The molecule has 1 aliphatic heterocycles. The number of hydrogen-bond donors (Lipinski definition) is 1. The third kappa shape index (κ3) is 3.12. The number of hydrogen-bond acceptors (Lipinski definition) is 4. The Balaban J connectivity index is 1.60. The van der Waals surface area contributed by atoms with E-state index in [1.54, 1.807) is 12.1 Å². The van der Waals surface area contributed by atoms with Crippen molar-refractivity contribution in [2.75, 3.05) is 25.0 Å². The van der Waals surface area contributed by atoms with Gasteiger partial charge in [0.1, 0.15) is 5.69 Å². The maximum absolute atomic E-state index is 11.0. The molecule has 1 aliphatic carbocycles. The monoisotopic (exact) mass is 339 g/mol. The molecule has 1 aromatic carbocycles. The molecule has 5 nitrogen and oxygen atoms in total. The lowest BCUT2D eigenvalue weighted by atomic mass is 10.1. The summed E-state index contributed by atoms with van der Waals surface area (Å²) >= 11 is 3.36. The molecule has 1 N–H and O–H groups in total. The molecular formula is C14H18BrN3O2. The van der Waals surface area contributed by atoms with Crippen molar-refractivity contribution < 1.29 is 4.92 Å². The normalized spacial score (nSPS) is 22.9. The number of nitrogens with one attached hydrogen (secondary N) is 1. The van der Waals surface area contributed by atoms with Crippen LogP contribution in [0.15, 0.2) is 22.7 Å². The smallest absolute Gasteiger partial charge is 0.292 e. The van der Waals surface area contributed by atoms with Crippen LogP contribution >= 0.6 is 15.9 Å². The maximum atomic E-state index is 11.0. The van der Waals surface area contributed by atoms with Crippen molar-refractivity contribution in [1.82, 2.24) is 4.90 Å². The number of likely N-dealkylation sites (tertiary alicyclic amines) is 1. The van der Waals surface area contributed by atoms with E-state index in [0.29, 0.717) is 11.6 Å². The molecule has 1 heterocycles. The number of rotatable bonds is 5. The van der Waals surface area contributed by atoms with E-state index in [1.807, 2.05) is 0 Å². The van der Waals surface area contributed by atoms with E-state index < -0.39 is 0 Å². The summed E-state index contributed by atoms with van der Waals surface area (Å²) in [6.07, 6.45) is 3.87. The lowest BCUT2D eigenvalue weighted by Gasteiger charge is -2.15. The molecule has 0 aromatic heterocycles. The van der Waals surface area contributed by atoms with Crippen molar-refractivity contribution in [1.29, 1.82) is 0 Å². The Hall–Kier alpha value is -1.14. The Labute approximate surface area is 126 Å². The van der Waals surface area contributed by atoms with Crippen LogP contribution in [0.3, 0.4) is 0 Å². The summed E-state index contributed by atoms with van der Waals surface area (Å²) in [5, 5.41) is 14.3. The fourth-order valence-corrected chi connectivity index (χ4v) is 3.22. The zero-order valence-corrected chi connectivity index (χ0v) is 12.8. The molecule has 20 heavy (non-hydrogen) atoms. The van der Waals surface area contributed by atoms with Crippen LogP contribution in [0.2, 0.25) is 0 Å². The Kier molecular flexibility index (Phi) is 3.94. The standard InChI is InChI=1S/C14H18BrN3O2/c15-11-1-4-14(18(19)20)13(7-11)16-8-10-5-6-17(9-10)12-2-3-12/h1,4,7,10,12,16H,2-3,5-6,8-9H2. The summed E-state index contributed by atoms with van der Waals surface area (Å²) in [6, 6.07) is 5.84. The van der Waals surface area contributed by atoms with Crippen molar-refractivity contribution in [2.45, 2.75) is 25.3 Å². The second kappa shape index (κ2) is 5.69. The minimum absolute atomic E-state index is 0.144. The first-order chi connectivity index (χ1) is 9.63. The van der Waals surface area contributed by atoms with Crippen molar-refractivity contribution in [3.05, 3.63) is 32.8 Å². The van der Waals surface area contributed by atoms with Gasteiger partial charge in [0.15, 0.2) is 0 Å². The van der Waals surface area contributed by atoms with Crippen LogP contribution in [0.5, 0.6) is 0 Å². The van der Waals surface area contributed by atoms with Gasteiger partial charge < -0.3 is 10.2 Å². The number of nitro benzene ring substituents is 1. The van der Waals surface area contributed by atoms with Gasteiger partial charge in [0, 0.05) is 29.7 Å². The van der Waals surface area contributed by atoms with E-state index in [-0.39, 0.29) is 10.6 Å². The highest BCUT2D eigenvalue weighted by Gasteiger charge is 2.34. The van der Waals surface area contributed by atoms with E-state index in [4.69, 9.17) is 0 Å². The number of benzene rings is 1. The molecule has 1 saturated heterocycles. The van der Waals surface area contributed by atoms with Gasteiger partial charge in [-0.1, -0.05) is 15.9 Å². The number of nitro groups is 1. The number of anilines is 1. The minimum Gasteiger partial charge on any atom is -0.379 e. The summed E-state index contributed by atoms with van der Waals surface area (Å²) < 4.78 is 0.858. The van der Waals surface area contributed by atoms with Crippen LogP contribution in [-0.4, -0.2) is 35.5 Å². The zero-order valence-electron chi connectivity index (χ0n) is 11.2. The van der Waals surface area contributed by atoms with Gasteiger partial charge in [-0.15, -0.1) is 0 Å². The predicted octanol–water partition coefficient (Wildman–Crippen LogP) is 3.25. The molecule has 0 bridgehead atoms. The highest BCUT2D eigenvalue weighted by Crippen LogP contribution is 2.32. The van der Waals surface area contributed by atoms with Crippen LogP contribution in [0, 0.1) is 16.0 Å². The third-order valence-corrected chi connectivity index (χ3v) is 4.61. The summed E-state index contributed by atoms with van der Waals surface area (Å²) in [5.74, 6) is 0.592. The molecule has 1 atom stereocenters. The minimum atomic E-state index is -0.333. The van der Waals surface area contributed by atoms with Crippen molar-refractivity contribution in [3.63, 3.8) is 0 Å². The van der Waals surface area contributed by atoms with E-state index in [1.165, 1.54) is 31.9 Å². The number of halogens is 1. The first kappa shape index (κ1) is 13.8. The summed E-state index contributed by atoms with van der Waals surface area (Å²) in [4.78, 5) is 13.2. The average molecular weight is 340 g/mol. The van der Waals surface area contributed by atoms with Crippen molar-refractivity contribution in [3.8, 4) is 0 Å². The van der Waals surface area contributed by atoms with Gasteiger partial charge in [0.2, 0.25) is 0 Å². The molecule has 6 heteroatoms. The van der Waals surface area contributed by atoms with Gasteiger partial charge in [0.05, 0.1) is 4.92 Å². The van der Waals surface area contributed by atoms with Crippen LogP contribution in [0.25, 0.3) is 0 Å². The first-order valence-corrected chi connectivity index (χ1v) is 7.84. The van der Waals surface area contributed by atoms with Crippen LogP contribution in [0.1, 0.15) is 19.3 Å². The van der Waals surface area contributed by atoms with Gasteiger partial charge >= 0.3 is 0 Å². The zero-order chi connectivity index (χ0) is 14.1. The lowest BCUT2D eigenvalue weighted by molar-refractivity contribution is -0.384. The molecule has 2 aliphatic rings. The molecule has 108 valence electrons. The molecule has 2 fully saturated rings.